The number of aromatic nitrogens is 4. The van der Waals surface area contributed by atoms with Gasteiger partial charge in [0.2, 0.25) is 5.91 Å². The highest BCUT2D eigenvalue weighted by atomic mass is 19.4. The predicted molar refractivity (Wildman–Crippen MR) is 85.7 cm³/mol. The van der Waals surface area contributed by atoms with Crippen LogP contribution < -0.4 is 10.9 Å². The molecule has 0 unspecified atom stereocenters. The molecule has 7 nitrogen and oxygen atoms in total. The molecule has 0 radical (unpaired) electrons. The molecule has 134 valence electrons. The summed E-state index contributed by atoms with van der Waals surface area (Å²) in [5.74, 6) is -0.521. The Hall–Kier alpha value is -3.43. The lowest BCUT2D eigenvalue weighted by Gasteiger charge is -2.13. The van der Waals surface area contributed by atoms with E-state index < -0.39 is 29.8 Å². The monoisotopic (exact) mass is 363 g/mol. The molecular formula is C16H12F3N5O2. The summed E-state index contributed by atoms with van der Waals surface area (Å²) in [5.41, 5.74) is -1.93. The number of amides is 1. The number of nitrogens with one attached hydrogen (secondary N) is 1. The van der Waals surface area contributed by atoms with Crippen molar-refractivity contribution < 1.29 is 18.0 Å². The quantitative estimate of drug-likeness (QED) is 0.770. The molecule has 1 aromatic carbocycles. The molecule has 0 aliphatic rings. The first-order chi connectivity index (χ1) is 12.3. The zero-order valence-electron chi connectivity index (χ0n) is 13.1. The number of halogens is 3. The average molecular weight is 363 g/mol. The fourth-order valence-corrected chi connectivity index (χ4v) is 2.24. The van der Waals surface area contributed by atoms with Crippen molar-refractivity contribution in [1.29, 1.82) is 0 Å². The third kappa shape index (κ3) is 3.79. The van der Waals surface area contributed by atoms with Gasteiger partial charge in [-0.15, -0.1) is 5.10 Å². The number of alkyl halides is 3. The van der Waals surface area contributed by atoms with Gasteiger partial charge in [-0.05, 0) is 24.3 Å². The van der Waals surface area contributed by atoms with E-state index in [1.807, 2.05) is 0 Å². The van der Waals surface area contributed by atoms with Gasteiger partial charge in [0, 0.05) is 18.5 Å². The van der Waals surface area contributed by atoms with Crippen molar-refractivity contribution >= 4 is 11.6 Å². The van der Waals surface area contributed by atoms with Crippen molar-refractivity contribution in [1.82, 2.24) is 19.6 Å². The van der Waals surface area contributed by atoms with Crippen LogP contribution in [0.15, 0.2) is 59.7 Å². The Morgan fingerprint density at radius 1 is 1.12 bits per heavy atom. The minimum Gasteiger partial charge on any atom is -0.324 e. The lowest BCUT2D eigenvalue weighted by atomic mass is 10.1. The van der Waals surface area contributed by atoms with Gasteiger partial charge < -0.3 is 5.32 Å². The molecule has 0 fully saturated rings. The summed E-state index contributed by atoms with van der Waals surface area (Å²) in [7, 11) is 0. The summed E-state index contributed by atoms with van der Waals surface area (Å²) in [6, 6.07) is 8.85. The highest BCUT2D eigenvalue weighted by molar-refractivity contribution is 5.91. The van der Waals surface area contributed by atoms with Crippen molar-refractivity contribution in [2.45, 2.75) is 12.7 Å². The summed E-state index contributed by atoms with van der Waals surface area (Å²) < 4.78 is 41.1. The van der Waals surface area contributed by atoms with E-state index in [9.17, 15) is 22.8 Å². The number of nitrogens with zero attached hydrogens (tertiary/aromatic N) is 4. The van der Waals surface area contributed by atoms with Crippen LogP contribution in [-0.4, -0.2) is 25.5 Å². The van der Waals surface area contributed by atoms with Crippen LogP contribution in [0, 0.1) is 0 Å². The number of hydrogen-bond donors (Lipinski definition) is 1. The fourth-order valence-electron chi connectivity index (χ4n) is 2.24. The molecule has 3 rings (SSSR count). The number of hydrogen-bond acceptors (Lipinski definition) is 4. The molecule has 1 amide bonds. The third-order valence-corrected chi connectivity index (χ3v) is 3.39. The molecule has 26 heavy (non-hydrogen) atoms. The number of benzene rings is 1. The van der Waals surface area contributed by atoms with Gasteiger partial charge in [-0.25, -0.2) is 9.36 Å². The number of carbonyl (C=O) groups excluding carboxylic acids is 1. The van der Waals surface area contributed by atoms with Crippen molar-refractivity contribution in [3.63, 3.8) is 0 Å². The van der Waals surface area contributed by atoms with Gasteiger partial charge in [-0.3, -0.25) is 9.59 Å². The van der Waals surface area contributed by atoms with E-state index in [0.717, 1.165) is 16.8 Å². The third-order valence-electron chi connectivity index (χ3n) is 3.39. The number of anilines is 1. The smallest absolute Gasteiger partial charge is 0.324 e. The molecule has 0 saturated heterocycles. The minimum atomic E-state index is -4.61. The maximum Gasteiger partial charge on any atom is 0.418 e. The molecule has 2 heterocycles. The first-order valence-electron chi connectivity index (χ1n) is 7.39. The van der Waals surface area contributed by atoms with E-state index >= 15 is 0 Å². The van der Waals surface area contributed by atoms with Crippen LogP contribution in [0.25, 0.3) is 5.82 Å². The van der Waals surface area contributed by atoms with Crippen LogP contribution in [0.5, 0.6) is 0 Å². The van der Waals surface area contributed by atoms with E-state index in [1.165, 1.54) is 35.1 Å². The molecule has 0 bridgehead atoms. The van der Waals surface area contributed by atoms with Crippen molar-refractivity contribution in [2.75, 3.05) is 5.32 Å². The SMILES string of the molecule is O=C(Cn1nc(-n2cccn2)ccc1=O)Nc1ccccc1C(F)(F)F. The second-order valence-electron chi connectivity index (χ2n) is 5.23. The van der Waals surface area contributed by atoms with E-state index in [0.29, 0.717) is 0 Å². The zero-order chi connectivity index (χ0) is 18.7. The van der Waals surface area contributed by atoms with Crippen LogP contribution in [0.1, 0.15) is 5.56 Å². The highest BCUT2D eigenvalue weighted by Gasteiger charge is 2.33. The Labute approximate surface area is 144 Å². The Bertz CT molecular complexity index is 980. The maximum atomic E-state index is 13.0. The lowest BCUT2D eigenvalue weighted by Crippen LogP contribution is -2.30. The molecule has 10 heteroatoms. The van der Waals surface area contributed by atoms with Gasteiger partial charge in [0.05, 0.1) is 11.3 Å². The first-order valence-corrected chi connectivity index (χ1v) is 7.39. The second-order valence-corrected chi connectivity index (χ2v) is 5.23. The first kappa shape index (κ1) is 17.4. The molecule has 0 atom stereocenters. The second kappa shape index (κ2) is 6.82. The zero-order valence-corrected chi connectivity index (χ0v) is 13.1. The van der Waals surface area contributed by atoms with Crippen LogP contribution in [-0.2, 0) is 17.5 Å². The van der Waals surface area contributed by atoms with Gasteiger partial charge >= 0.3 is 6.18 Å². The van der Waals surface area contributed by atoms with E-state index in [2.05, 4.69) is 15.5 Å². The normalized spacial score (nSPS) is 11.3. The molecular weight excluding hydrogens is 351 g/mol. The Morgan fingerprint density at radius 3 is 2.58 bits per heavy atom. The van der Waals surface area contributed by atoms with Gasteiger partial charge in [0.25, 0.3) is 5.56 Å². The Morgan fingerprint density at radius 2 is 1.88 bits per heavy atom. The fraction of sp³-hybridized carbons (Fsp3) is 0.125. The van der Waals surface area contributed by atoms with Crippen LogP contribution in [0.3, 0.4) is 0 Å². The van der Waals surface area contributed by atoms with Gasteiger partial charge in [-0.2, -0.15) is 18.3 Å². The van der Waals surface area contributed by atoms with Crippen LogP contribution in [0.2, 0.25) is 0 Å². The van der Waals surface area contributed by atoms with Gasteiger partial charge in [-0.1, -0.05) is 12.1 Å². The van der Waals surface area contributed by atoms with Crippen molar-refractivity contribution in [2.24, 2.45) is 0 Å². The van der Waals surface area contributed by atoms with Gasteiger partial charge in [0.15, 0.2) is 5.82 Å². The van der Waals surface area contributed by atoms with E-state index in [-0.39, 0.29) is 11.5 Å². The molecule has 0 aliphatic heterocycles. The Kier molecular flexibility index (Phi) is 4.57. The predicted octanol–water partition coefficient (Wildman–Crippen LogP) is 2.09. The van der Waals surface area contributed by atoms with Crippen molar-refractivity contribution in [3.05, 3.63) is 70.8 Å². The van der Waals surface area contributed by atoms with Crippen molar-refractivity contribution in [3.8, 4) is 5.82 Å². The van der Waals surface area contributed by atoms with Crippen LogP contribution >= 0.6 is 0 Å². The minimum absolute atomic E-state index is 0.290. The molecule has 0 aliphatic carbocycles. The maximum absolute atomic E-state index is 13.0. The largest absolute Gasteiger partial charge is 0.418 e. The molecule has 0 spiro atoms. The van der Waals surface area contributed by atoms with Crippen LogP contribution in [0.4, 0.5) is 18.9 Å². The van der Waals surface area contributed by atoms with E-state index in [4.69, 9.17) is 0 Å². The van der Waals surface area contributed by atoms with Gasteiger partial charge in [0.1, 0.15) is 6.54 Å². The number of carbonyl (C=O) groups is 1. The number of para-hydroxylation sites is 1. The average Bonchev–Trinajstić information content (AvgIpc) is 3.11. The van der Waals surface area contributed by atoms with E-state index in [1.54, 1.807) is 12.3 Å². The highest BCUT2D eigenvalue weighted by Crippen LogP contribution is 2.34. The summed E-state index contributed by atoms with van der Waals surface area (Å²) in [5, 5.41) is 10.1. The molecule has 0 saturated carbocycles. The summed E-state index contributed by atoms with van der Waals surface area (Å²) in [6.45, 7) is -0.542. The summed E-state index contributed by atoms with van der Waals surface area (Å²) in [4.78, 5) is 24.0. The molecule has 3 aromatic rings. The lowest BCUT2D eigenvalue weighted by molar-refractivity contribution is -0.137. The molecule has 1 N–H and O–H groups in total. The molecule has 2 aromatic heterocycles. The summed E-state index contributed by atoms with van der Waals surface area (Å²) in [6.07, 6.45) is -1.51. The topological polar surface area (TPSA) is 81.8 Å². The number of rotatable bonds is 4. The summed E-state index contributed by atoms with van der Waals surface area (Å²) >= 11 is 0. The standard InChI is InChI=1S/C16H12F3N5O2/c17-16(18,19)11-4-1-2-5-12(11)21-14(25)10-24-15(26)7-6-13(22-24)23-9-3-8-20-23/h1-9H,10H2,(H,21,25). The Balaban J connectivity index is 1.82.